The Morgan fingerprint density at radius 2 is 2.10 bits per heavy atom. The molecule has 1 saturated carbocycles. The second-order valence-electron chi connectivity index (χ2n) is 5.90. The average Bonchev–Trinajstić information content (AvgIpc) is 2.94. The molecule has 0 bridgehead atoms. The second-order valence-corrected chi connectivity index (χ2v) is 5.90. The molecule has 114 valence electrons. The molecular weight excluding hydrogens is 262 g/mol. The van der Waals surface area contributed by atoms with Crippen LogP contribution in [-0.4, -0.2) is 28.8 Å². The minimum Gasteiger partial charge on any atom is -0.477 e. The topological polar surface area (TPSA) is 38.6 Å². The van der Waals surface area contributed by atoms with Crippen LogP contribution in [0, 0.1) is 0 Å². The molecule has 0 aliphatic heterocycles. The third-order valence-electron chi connectivity index (χ3n) is 4.21. The Morgan fingerprint density at radius 1 is 1.19 bits per heavy atom. The van der Waals surface area contributed by atoms with Crippen LogP contribution in [0.15, 0.2) is 30.5 Å². The van der Waals surface area contributed by atoms with E-state index in [2.05, 4.69) is 10.4 Å². The van der Waals surface area contributed by atoms with Crippen molar-refractivity contribution in [3.05, 3.63) is 30.5 Å². The van der Waals surface area contributed by atoms with E-state index < -0.39 is 0 Å². The zero-order chi connectivity index (χ0) is 14.3. The highest BCUT2D eigenvalue weighted by atomic mass is 16.5. The number of ether oxygens (including phenoxy) is 1. The summed E-state index contributed by atoms with van der Waals surface area (Å²) in [5.74, 6) is 0.724. The fraction of sp³-hybridized carbons (Fsp3) is 0.588. The Bertz CT molecular complexity index is 513. The summed E-state index contributed by atoms with van der Waals surface area (Å²) >= 11 is 0. The van der Waals surface area contributed by atoms with E-state index in [1.807, 2.05) is 35.0 Å². The highest BCUT2D eigenvalue weighted by Gasteiger charge is 2.11. The first-order valence-corrected chi connectivity index (χ1v) is 8.22. The molecular formula is C17H25N3O. The average molecular weight is 287 g/mol. The van der Waals surface area contributed by atoms with Crippen molar-refractivity contribution in [3.63, 3.8) is 0 Å². The lowest BCUT2D eigenvalue weighted by molar-refractivity contribution is 0.289. The van der Waals surface area contributed by atoms with Crippen molar-refractivity contribution in [2.24, 2.45) is 0 Å². The van der Waals surface area contributed by atoms with E-state index in [9.17, 15) is 0 Å². The Hall–Kier alpha value is -1.55. The summed E-state index contributed by atoms with van der Waals surface area (Å²) in [7, 11) is 0. The number of nitrogens with one attached hydrogen (secondary N) is 1. The molecule has 2 aromatic heterocycles. The number of unbranched alkanes of at least 4 members (excludes halogenated alkanes) is 1. The smallest absolute Gasteiger partial charge is 0.233 e. The summed E-state index contributed by atoms with van der Waals surface area (Å²) in [4.78, 5) is 0. The number of aromatic nitrogens is 2. The third kappa shape index (κ3) is 4.21. The second kappa shape index (κ2) is 7.46. The number of fused-ring (bicyclic) bond motifs is 1. The predicted octanol–water partition coefficient (Wildman–Crippen LogP) is 3.42. The van der Waals surface area contributed by atoms with Gasteiger partial charge < -0.3 is 10.1 Å². The maximum atomic E-state index is 5.72. The summed E-state index contributed by atoms with van der Waals surface area (Å²) in [6.45, 7) is 1.86. The third-order valence-corrected chi connectivity index (χ3v) is 4.21. The molecule has 0 spiro atoms. The molecule has 1 aliphatic carbocycles. The maximum Gasteiger partial charge on any atom is 0.233 e. The molecule has 3 rings (SSSR count). The van der Waals surface area contributed by atoms with Crippen LogP contribution >= 0.6 is 0 Å². The number of nitrogens with zero attached hydrogens (tertiary/aromatic N) is 2. The van der Waals surface area contributed by atoms with Gasteiger partial charge >= 0.3 is 0 Å². The van der Waals surface area contributed by atoms with Gasteiger partial charge in [0.25, 0.3) is 0 Å². The number of pyridine rings is 1. The Kier molecular flexibility index (Phi) is 5.11. The molecule has 4 nitrogen and oxygen atoms in total. The molecule has 0 radical (unpaired) electrons. The number of rotatable bonds is 7. The quantitative estimate of drug-likeness (QED) is 0.793. The summed E-state index contributed by atoms with van der Waals surface area (Å²) in [5, 5.41) is 8.05. The van der Waals surface area contributed by atoms with Crippen LogP contribution in [0.2, 0.25) is 0 Å². The van der Waals surface area contributed by atoms with Gasteiger partial charge in [-0.15, -0.1) is 5.10 Å². The maximum absolute atomic E-state index is 5.72. The van der Waals surface area contributed by atoms with Crippen molar-refractivity contribution in [2.75, 3.05) is 13.2 Å². The lowest BCUT2D eigenvalue weighted by atomic mass is 9.95. The van der Waals surface area contributed by atoms with Gasteiger partial charge in [-0.2, -0.15) is 0 Å². The monoisotopic (exact) mass is 287 g/mol. The van der Waals surface area contributed by atoms with E-state index >= 15 is 0 Å². The van der Waals surface area contributed by atoms with E-state index in [1.54, 1.807) is 0 Å². The fourth-order valence-electron chi connectivity index (χ4n) is 3.00. The van der Waals surface area contributed by atoms with Gasteiger partial charge in [-0.3, -0.25) is 0 Å². The largest absolute Gasteiger partial charge is 0.477 e. The lowest BCUT2D eigenvalue weighted by Gasteiger charge is -2.22. The summed E-state index contributed by atoms with van der Waals surface area (Å²) < 4.78 is 7.57. The minimum absolute atomic E-state index is 0.724. The molecule has 1 N–H and O–H groups in total. The van der Waals surface area contributed by atoms with Gasteiger partial charge in [0, 0.05) is 18.3 Å². The number of hydrogen-bond donors (Lipinski definition) is 1. The van der Waals surface area contributed by atoms with Gasteiger partial charge in [0.15, 0.2) is 0 Å². The molecule has 0 unspecified atom stereocenters. The van der Waals surface area contributed by atoms with Crippen molar-refractivity contribution >= 4 is 5.52 Å². The first-order chi connectivity index (χ1) is 10.4. The lowest BCUT2D eigenvalue weighted by Crippen LogP contribution is -2.31. The SMILES string of the molecule is c1ccn2nc(OCCCCNC3CCCCC3)cc2c1. The van der Waals surface area contributed by atoms with E-state index in [4.69, 9.17) is 4.74 Å². The van der Waals surface area contributed by atoms with Gasteiger partial charge in [0.2, 0.25) is 5.88 Å². The van der Waals surface area contributed by atoms with Crippen LogP contribution in [0.5, 0.6) is 5.88 Å². The van der Waals surface area contributed by atoms with Crippen molar-refractivity contribution < 1.29 is 4.74 Å². The van der Waals surface area contributed by atoms with Crippen LogP contribution in [0.4, 0.5) is 0 Å². The van der Waals surface area contributed by atoms with Crippen LogP contribution < -0.4 is 10.1 Å². The molecule has 21 heavy (non-hydrogen) atoms. The van der Waals surface area contributed by atoms with Gasteiger partial charge in [-0.1, -0.05) is 25.3 Å². The highest BCUT2D eigenvalue weighted by Crippen LogP contribution is 2.17. The summed E-state index contributed by atoms with van der Waals surface area (Å²) in [6.07, 6.45) is 11.1. The van der Waals surface area contributed by atoms with E-state index in [-0.39, 0.29) is 0 Å². The fourth-order valence-corrected chi connectivity index (χ4v) is 3.00. The van der Waals surface area contributed by atoms with Crippen molar-refractivity contribution in [1.29, 1.82) is 0 Å². The molecule has 1 aliphatic rings. The van der Waals surface area contributed by atoms with E-state index in [0.717, 1.165) is 37.0 Å². The van der Waals surface area contributed by atoms with Crippen LogP contribution in [0.3, 0.4) is 0 Å². The molecule has 2 aromatic rings. The first-order valence-electron chi connectivity index (χ1n) is 8.22. The van der Waals surface area contributed by atoms with Gasteiger partial charge in [0.05, 0.1) is 12.1 Å². The van der Waals surface area contributed by atoms with Gasteiger partial charge in [-0.05, 0) is 44.4 Å². The first kappa shape index (κ1) is 14.4. The van der Waals surface area contributed by atoms with Crippen molar-refractivity contribution in [1.82, 2.24) is 14.9 Å². The van der Waals surface area contributed by atoms with Crippen molar-refractivity contribution in [2.45, 2.75) is 51.0 Å². The summed E-state index contributed by atoms with van der Waals surface area (Å²) in [6, 6.07) is 8.77. The Balaban J connectivity index is 1.31. The van der Waals surface area contributed by atoms with E-state index in [0.29, 0.717) is 0 Å². The molecule has 0 atom stereocenters. The normalized spacial score (nSPS) is 16.4. The van der Waals surface area contributed by atoms with Crippen LogP contribution in [0.25, 0.3) is 5.52 Å². The van der Waals surface area contributed by atoms with Crippen molar-refractivity contribution in [3.8, 4) is 5.88 Å². The highest BCUT2D eigenvalue weighted by molar-refractivity contribution is 5.48. The van der Waals surface area contributed by atoms with E-state index in [1.165, 1.54) is 38.5 Å². The van der Waals surface area contributed by atoms with Gasteiger partial charge in [0.1, 0.15) is 0 Å². The van der Waals surface area contributed by atoms with Crippen LogP contribution in [0.1, 0.15) is 44.9 Å². The van der Waals surface area contributed by atoms with Crippen LogP contribution in [-0.2, 0) is 0 Å². The predicted molar refractivity (Wildman–Crippen MR) is 84.8 cm³/mol. The zero-order valence-corrected chi connectivity index (χ0v) is 12.6. The Morgan fingerprint density at radius 3 is 2.95 bits per heavy atom. The molecule has 0 amide bonds. The molecule has 2 heterocycles. The molecule has 0 aromatic carbocycles. The molecule has 1 fully saturated rings. The Labute approximate surface area is 126 Å². The van der Waals surface area contributed by atoms with Gasteiger partial charge in [-0.25, -0.2) is 4.52 Å². The standard InChI is InChI=1S/C17H25N3O/c1-2-8-15(9-3-1)18-11-5-7-13-21-17-14-16-10-4-6-12-20(16)19-17/h4,6,10,12,14-15,18H,1-3,5,7-9,11,13H2. The number of hydrogen-bond acceptors (Lipinski definition) is 3. The zero-order valence-electron chi connectivity index (χ0n) is 12.6. The molecule has 4 heteroatoms. The molecule has 0 saturated heterocycles. The minimum atomic E-state index is 0.724. The summed E-state index contributed by atoms with van der Waals surface area (Å²) in [5.41, 5.74) is 1.08.